The lowest BCUT2D eigenvalue weighted by Crippen LogP contribution is -2.51. The fraction of sp³-hybridized carbons (Fsp3) is 0.300. The third kappa shape index (κ3) is 3.86. The van der Waals surface area contributed by atoms with Gasteiger partial charge in [-0.2, -0.15) is 0 Å². The van der Waals surface area contributed by atoms with Crippen molar-refractivity contribution in [2.45, 2.75) is 26.2 Å². The van der Waals surface area contributed by atoms with Crippen molar-refractivity contribution in [1.82, 2.24) is 24.9 Å². The van der Waals surface area contributed by atoms with Crippen LogP contribution in [0.3, 0.4) is 0 Å². The van der Waals surface area contributed by atoms with Crippen LogP contribution in [-0.4, -0.2) is 43.9 Å². The van der Waals surface area contributed by atoms with Crippen LogP contribution in [0, 0.1) is 6.92 Å². The van der Waals surface area contributed by atoms with E-state index in [0.29, 0.717) is 26.3 Å². The molecule has 28 heavy (non-hydrogen) atoms. The Hall–Kier alpha value is -3.26. The van der Waals surface area contributed by atoms with Crippen molar-refractivity contribution in [2.75, 3.05) is 13.1 Å². The molecule has 0 bridgehead atoms. The molecule has 0 radical (unpaired) electrons. The number of likely N-dealkylation sites (tertiary alicyclic amines) is 1. The highest BCUT2D eigenvalue weighted by Gasteiger charge is 2.34. The summed E-state index contributed by atoms with van der Waals surface area (Å²) in [6.45, 7) is 3.67. The first-order chi connectivity index (χ1) is 13.6. The van der Waals surface area contributed by atoms with Gasteiger partial charge in [0.1, 0.15) is 11.3 Å². The molecular weight excluding hydrogens is 358 g/mol. The molecule has 1 N–H and O–H groups in total. The molecule has 144 valence electrons. The number of rotatable bonds is 6. The van der Waals surface area contributed by atoms with E-state index in [1.807, 2.05) is 36.5 Å². The second kappa shape index (κ2) is 7.77. The molecule has 0 atom stereocenters. The third-order valence-corrected chi connectivity index (χ3v) is 4.73. The van der Waals surface area contributed by atoms with Crippen LogP contribution >= 0.6 is 0 Å². The van der Waals surface area contributed by atoms with Gasteiger partial charge in [0, 0.05) is 18.8 Å². The molecule has 3 heterocycles. The van der Waals surface area contributed by atoms with Gasteiger partial charge in [-0.15, -0.1) is 5.10 Å². The van der Waals surface area contributed by atoms with Crippen molar-refractivity contribution < 1.29 is 9.53 Å². The van der Waals surface area contributed by atoms with Crippen LogP contribution in [0.5, 0.6) is 0 Å². The number of carbonyl (C=O) groups excluding carboxylic acids is 1. The molecule has 3 aromatic rings. The number of benzene rings is 1. The molecule has 8 heteroatoms. The lowest BCUT2D eigenvalue weighted by Gasteiger charge is -2.38. The zero-order valence-corrected chi connectivity index (χ0v) is 15.5. The molecule has 1 aliphatic heterocycles. The van der Waals surface area contributed by atoms with E-state index >= 15 is 0 Å². The summed E-state index contributed by atoms with van der Waals surface area (Å²) in [6.07, 6.45) is 1.84. The summed E-state index contributed by atoms with van der Waals surface area (Å²) in [5.41, 5.74) is 2.39. The van der Waals surface area contributed by atoms with Crippen LogP contribution in [-0.2, 0) is 18.0 Å². The topological polar surface area (TPSA) is 93.1 Å². The normalized spacial score (nSPS) is 14.1. The third-order valence-electron chi connectivity index (χ3n) is 4.73. The van der Waals surface area contributed by atoms with Crippen LogP contribution < -0.4 is 5.56 Å². The summed E-state index contributed by atoms with van der Waals surface area (Å²) < 4.78 is 7.43. The molecule has 1 saturated heterocycles. The van der Waals surface area contributed by atoms with E-state index in [9.17, 15) is 9.59 Å². The predicted molar refractivity (Wildman–Crippen MR) is 102 cm³/mol. The molecule has 1 aromatic carbocycles. The number of amides is 1. The minimum Gasteiger partial charge on any atom is -0.370 e. The molecule has 1 aliphatic rings. The van der Waals surface area contributed by atoms with E-state index in [0.717, 1.165) is 17.0 Å². The molecular formula is C20H21N5O3. The van der Waals surface area contributed by atoms with Crippen LogP contribution in [0.4, 0.5) is 0 Å². The Kier molecular flexibility index (Phi) is 5.03. The number of aromatic amines is 1. The number of aromatic nitrogens is 4. The number of aryl methyl sites for hydroxylation is 1. The Morgan fingerprint density at radius 3 is 2.71 bits per heavy atom. The maximum Gasteiger partial charge on any atom is 0.260 e. The Balaban J connectivity index is 1.29. The number of hydrogen-bond donors (Lipinski definition) is 1. The summed E-state index contributed by atoms with van der Waals surface area (Å²) >= 11 is 0. The Labute approximate surface area is 161 Å². The highest BCUT2D eigenvalue weighted by atomic mass is 16.5. The average Bonchev–Trinajstić information content (AvgIpc) is 3.09. The summed E-state index contributed by atoms with van der Waals surface area (Å²) in [6, 6.07) is 13.3. The molecule has 0 unspecified atom stereocenters. The number of pyridine rings is 1. The lowest BCUT2D eigenvalue weighted by atomic mass is 10.1. The Bertz CT molecular complexity index is 1020. The Morgan fingerprint density at radius 2 is 1.96 bits per heavy atom. The number of ether oxygens (including phenoxy) is 1. The number of nitrogens with one attached hydrogen (secondary N) is 1. The molecule has 1 amide bonds. The first-order valence-corrected chi connectivity index (χ1v) is 9.12. The molecule has 4 rings (SSSR count). The fourth-order valence-electron chi connectivity index (χ4n) is 3.10. The second-order valence-electron chi connectivity index (χ2n) is 6.92. The SMILES string of the molecule is Cc1ccc(C(=O)N2CC(n3cc(COCc4ccccc4)nn3)C2)c(=O)[nH]1. The van der Waals surface area contributed by atoms with Gasteiger partial charge in [-0.05, 0) is 24.6 Å². The van der Waals surface area contributed by atoms with E-state index in [-0.39, 0.29) is 23.1 Å². The summed E-state index contributed by atoms with van der Waals surface area (Å²) in [7, 11) is 0. The van der Waals surface area contributed by atoms with Crippen molar-refractivity contribution in [3.63, 3.8) is 0 Å². The highest BCUT2D eigenvalue weighted by Crippen LogP contribution is 2.22. The Morgan fingerprint density at radius 1 is 1.18 bits per heavy atom. The van der Waals surface area contributed by atoms with E-state index in [2.05, 4.69) is 15.3 Å². The van der Waals surface area contributed by atoms with Crippen molar-refractivity contribution >= 4 is 5.91 Å². The number of carbonyl (C=O) groups is 1. The van der Waals surface area contributed by atoms with Crippen molar-refractivity contribution in [1.29, 1.82) is 0 Å². The molecule has 0 aliphatic carbocycles. The maximum atomic E-state index is 12.5. The van der Waals surface area contributed by atoms with E-state index in [4.69, 9.17) is 4.74 Å². The van der Waals surface area contributed by atoms with Crippen LogP contribution in [0.15, 0.2) is 53.5 Å². The minimum atomic E-state index is -0.355. The van der Waals surface area contributed by atoms with Gasteiger partial charge in [0.15, 0.2) is 0 Å². The van der Waals surface area contributed by atoms with E-state index < -0.39 is 0 Å². The molecule has 8 nitrogen and oxygen atoms in total. The predicted octanol–water partition coefficient (Wildman–Crippen LogP) is 1.69. The molecule has 1 fully saturated rings. The largest absolute Gasteiger partial charge is 0.370 e. The standard InChI is InChI=1S/C20H21N5O3/c1-14-7-8-18(19(26)21-14)20(27)24-10-17(11-24)25-9-16(22-23-25)13-28-12-15-5-3-2-4-6-15/h2-9,17H,10-13H2,1H3,(H,21,26). The van der Waals surface area contributed by atoms with Gasteiger partial charge < -0.3 is 14.6 Å². The van der Waals surface area contributed by atoms with Gasteiger partial charge in [0.2, 0.25) is 0 Å². The zero-order valence-electron chi connectivity index (χ0n) is 15.5. The number of H-pyrrole nitrogens is 1. The van der Waals surface area contributed by atoms with Gasteiger partial charge in [0.25, 0.3) is 11.5 Å². The molecule has 2 aromatic heterocycles. The second-order valence-corrected chi connectivity index (χ2v) is 6.92. The van der Waals surface area contributed by atoms with Crippen LogP contribution in [0.1, 0.15) is 33.4 Å². The van der Waals surface area contributed by atoms with Crippen molar-refractivity contribution in [2.24, 2.45) is 0 Å². The monoisotopic (exact) mass is 379 g/mol. The van der Waals surface area contributed by atoms with E-state index in [1.54, 1.807) is 28.6 Å². The summed E-state index contributed by atoms with van der Waals surface area (Å²) in [5, 5.41) is 8.27. The van der Waals surface area contributed by atoms with E-state index in [1.165, 1.54) is 0 Å². The van der Waals surface area contributed by atoms with Gasteiger partial charge in [-0.25, -0.2) is 4.68 Å². The van der Waals surface area contributed by atoms with Crippen molar-refractivity contribution in [3.8, 4) is 0 Å². The smallest absolute Gasteiger partial charge is 0.260 e. The minimum absolute atomic E-state index is 0.0591. The zero-order chi connectivity index (χ0) is 19.5. The van der Waals surface area contributed by atoms with Gasteiger partial charge in [0.05, 0.1) is 25.5 Å². The molecule has 0 spiro atoms. The van der Waals surface area contributed by atoms with Gasteiger partial charge in [-0.3, -0.25) is 9.59 Å². The van der Waals surface area contributed by atoms with Gasteiger partial charge in [-0.1, -0.05) is 35.5 Å². The first-order valence-electron chi connectivity index (χ1n) is 9.12. The highest BCUT2D eigenvalue weighted by molar-refractivity contribution is 5.94. The van der Waals surface area contributed by atoms with Crippen molar-refractivity contribution in [3.05, 3.63) is 81.5 Å². The van der Waals surface area contributed by atoms with Crippen LogP contribution in [0.25, 0.3) is 0 Å². The number of hydrogen-bond acceptors (Lipinski definition) is 5. The van der Waals surface area contributed by atoms with Crippen LogP contribution in [0.2, 0.25) is 0 Å². The molecule has 0 saturated carbocycles. The summed E-state index contributed by atoms with van der Waals surface area (Å²) in [5.74, 6) is -0.260. The lowest BCUT2D eigenvalue weighted by molar-refractivity contribution is 0.0496. The number of nitrogens with zero attached hydrogens (tertiary/aromatic N) is 4. The quantitative estimate of drug-likeness (QED) is 0.703. The first kappa shape index (κ1) is 18.1. The summed E-state index contributed by atoms with van der Waals surface area (Å²) in [4.78, 5) is 28.7. The fourth-order valence-corrected chi connectivity index (χ4v) is 3.10. The average molecular weight is 379 g/mol. The maximum absolute atomic E-state index is 12.5. The van der Waals surface area contributed by atoms with Gasteiger partial charge >= 0.3 is 0 Å².